The molecule has 1 aliphatic rings. The molecule has 2 rings (SSSR count). The minimum atomic E-state index is -3.21. The molecular weight excluding hydrogens is 250 g/mol. The minimum absolute atomic E-state index is 0.267. The number of hydrogen-bond acceptors (Lipinski definition) is 4. The van der Waals surface area contributed by atoms with Crippen LogP contribution in [0.3, 0.4) is 0 Å². The largest absolute Gasteiger partial charge is 0.255 e. The van der Waals surface area contributed by atoms with Crippen LogP contribution in [0, 0.1) is 0 Å². The highest BCUT2D eigenvalue weighted by Gasteiger charge is 2.34. The molecule has 0 amide bonds. The van der Waals surface area contributed by atoms with Crippen molar-refractivity contribution in [3.63, 3.8) is 0 Å². The van der Waals surface area contributed by atoms with Crippen molar-refractivity contribution in [1.29, 1.82) is 0 Å². The topological polar surface area (TPSA) is 63.2 Å². The molecule has 0 radical (unpaired) electrons. The molecule has 2 heterocycles. The monoisotopic (exact) mass is 261 g/mol. The van der Waals surface area contributed by atoms with E-state index in [0.29, 0.717) is 12.2 Å². The zero-order valence-electron chi connectivity index (χ0n) is 8.80. The Morgan fingerprint density at radius 1 is 1.44 bits per heavy atom. The van der Waals surface area contributed by atoms with Crippen molar-refractivity contribution >= 4 is 21.6 Å². The van der Waals surface area contributed by atoms with Gasteiger partial charge in [-0.3, -0.25) is 4.98 Å². The highest BCUT2D eigenvalue weighted by atomic mass is 35.5. The van der Waals surface area contributed by atoms with E-state index in [1.54, 1.807) is 0 Å². The minimum Gasteiger partial charge on any atom is -0.255 e. The lowest BCUT2D eigenvalue weighted by Crippen LogP contribution is -2.30. The number of hydrogen-bond donors (Lipinski definition) is 0. The maximum atomic E-state index is 11.6. The smallest absolute Gasteiger partial charge is 0.211 e. The highest BCUT2D eigenvalue weighted by Crippen LogP contribution is 2.34. The summed E-state index contributed by atoms with van der Waals surface area (Å²) in [7, 11) is -3.21. The summed E-state index contributed by atoms with van der Waals surface area (Å²) in [6.07, 6.45) is 5.79. The molecule has 1 unspecified atom stereocenters. The van der Waals surface area contributed by atoms with Crippen molar-refractivity contribution < 1.29 is 8.42 Å². The number of nitrogens with zero attached hydrogens (tertiary/aromatic N) is 3. The summed E-state index contributed by atoms with van der Waals surface area (Å²) >= 11 is 5.92. The van der Waals surface area contributed by atoms with Crippen LogP contribution in [0.25, 0.3) is 0 Å². The average Bonchev–Trinajstić information content (AvgIpc) is 2.66. The van der Waals surface area contributed by atoms with Gasteiger partial charge in [-0.05, 0) is 12.8 Å². The van der Waals surface area contributed by atoms with E-state index in [1.165, 1.54) is 23.0 Å². The van der Waals surface area contributed by atoms with Gasteiger partial charge in [0, 0.05) is 18.9 Å². The van der Waals surface area contributed by atoms with Gasteiger partial charge in [0.25, 0.3) is 0 Å². The van der Waals surface area contributed by atoms with E-state index in [0.717, 1.165) is 12.8 Å². The predicted octanol–water partition coefficient (Wildman–Crippen LogP) is 1.23. The van der Waals surface area contributed by atoms with Crippen LogP contribution in [0.15, 0.2) is 12.4 Å². The van der Waals surface area contributed by atoms with Gasteiger partial charge >= 0.3 is 0 Å². The second-order valence-corrected chi connectivity index (χ2v) is 6.06. The summed E-state index contributed by atoms with van der Waals surface area (Å²) in [5.41, 5.74) is 0.548. The van der Waals surface area contributed by atoms with E-state index in [4.69, 9.17) is 11.6 Å². The van der Waals surface area contributed by atoms with E-state index in [-0.39, 0.29) is 11.2 Å². The SMILES string of the molecule is CS(=O)(=O)N1CCCC1c1nccnc1Cl. The van der Waals surface area contributed by atoms with Crippen molar-refractivity contribution in [2.75, 3.05) is 12.8 Å². The number of rotatable bonds is 2. The maximum Gasteiger partial charge on any atom is 0.211 e. The van der Waals surface area contributed by atoms with E-state index in [9.17, 15) is 8.42 Å². The average molecular weight is 262 g/mol. The summed E-state index contributed by atoms with van der Waals surface area (Å²) in [5, 5.41) is 0.281. The van der Waals surface area contributed by atoms with Crippen LogP contribution in [0.1, 0.15) is 24.6 Å². The van der Waals surface area contributed by atoms with E-state index in [1.807, 2.05) is 0 Å². The van der Waals surface area contributed by atoms with Gasteiger partial charge in [0.1, 0.15) is 0 Å². The first-order valence-corrected chi connectivity index (χ1v) is 7.16. The first-order chi connectivity index (χ1) is 7.50. The fourth-order valence-electron chi connectivity index (χ4n) is 1.97. The fraction of sp³-hybridized carbons (Fsp3) is 0.556. The summed E-state index contributed by atoms with van der Waals surface area (Å²) in [4.78, 5) is 8.05. The molecule has 0 saturated carbocycles. The quantitative estimate of drug-likeness (QED) is 0.803. The van der Waals surface area contributed by atoms with Crippen LogP contribution in [-0.4, -0.2) is 35.5 Å². The molecule has 1 aromatic rings. The molecule has 1 saturated heterocycles. The fourth-order valence-corrected chi connectivity index (χ4v) is 3.33. The van der Waals surface area contributed by atoms with Gasteiger partial charge in [0.2, 0.25) is 10.0 Å². The zero-order valence-corrected chi connectivity index (χ0v) is 10.4. The Morgan fingerprint density at radius 2 is 2.12 bits per heavy atom. The van der Waals surface area contributed by atoms with Crippen molar-refractivity contribution in [3.05, 3.63) is 23.2 Å². The standard InChI is InChI=1S/C9H12ClN3O2S/c1-16(14,15)13-6-2-3-7(13)8-9(10)12-5-4-11-8/h4-5,7H,2-3,6H2,1H3. The van der Waals surface area contributed by atoms with Gasteiger partial charge in [-0.1, -0.05) is 11.6 Å². The molecule has 1 atom stereocenters. The third-order valence-corrected chi connectivity index (χ3v) is 4.21. The summed E-state index contributed by atoms with van der Waals surface area (Å²) < 4.78 is 24.6. The third-order valence-electron chi connectivity index (χ3n) is 2.62. The Labute approximate surface area is 99.5 Å². The van der Waals surface area contributed by atoms with Crippen molar-refractivity contribution in [2.45, 2.75) is 18.9 Å². The lowest BCUT2D eigenvalue weighted by molar-refractivity contribution is 0.393. The van der Waals surface area contributed by atoms with Crippen molar-refractivity contribution in [3.8, 4) is 0 Å². The first kappa shape index (κ1) is 11.8. The van der Waals surface area contributed by atoms with Gasteiger partial charge < -0.3 is 0 Å². The second-order valence-electron chi connectivity index (χ2n) is 3.76. The lowest BCUT2D eigenvalue weighted by Gasteiger charge is -2.21. The van der Waals surface area contributed by atoms with Crippen LogP contribution in [-0.2, 0) is 10.0 Å². The molecule has 0 aliphatic carbocycles. The van der Waals surface area contributed by atoms with Crippen LogP contribution < -0.4 is 0 Å². The Kier molecular flexibility index (Phi) is 3.14. The summed E-state index contributed by atoms with van der Waals surface area (Å²) in [6.45, 7) is 0.524. The van der Waals surface area contributed by atoms with Crippen molar-refractivity contribution in [2.24, 2.45) is 0 Å². The van der Waals surface area contributed by atoms with Crippen LogP contribution in [0.2, 0.25) is 5.15 Å². The maximum absolute atomic E-state index is 11.6. The van der Waals surface area contributed by atoms with Gasteiger partial charge in [-0.25, -0.2) is 13.4 Å². The second kappa shape index (κ2) is 4.27. The zero-order chi connectivity index (χ0) is 11.8. The molecule has 0 bridgehead atoms. The molecule has 1 aromatic heterocycles. The van der Waals surface area contributed by atoms with E-state index >= 15 is 0 Å². The van der Waals surface area contributed by atoms with Gasteiger partial charge in [-0.2, -0.15) is 4.31 Å². The molecule has 5 nitrogen and oxygen atoms in total. The molecule has 1 aliphatic heterocycles. The van der Waals surface area contributed by atoms with Crippen molar-refractivity contribution in [1.82, 2.24) is 14.3 Å². The predicted molar refractivity (Wildman–Crippen MR) is 60.6 cm³/mol. The number of sulfonamides is 1. The van der Waals surface area contributed by atoms with E-state index < -0.39 is 10.0 Å². The third kappa shape index (κ3) is 2.18. The Morgan fingerprint density at radius 3 is 2.75 bits per heavy atom. The summed E-state index contributed by atoms with van der Waals surface area (Å²) in [5.74, 6) is 0. The normalized spacial score (nSPS) is 22.5. The highest BCUT2D eigenvalue weighted by molar-refractivity contribution is 7.88. The van der Waals surface area contributed by atoms with Gasteiger partial charge in [-0.15, -0.1) is 0 Å². The Balaban J connectivity index is 2.38. The number of halogens is 1. The molecule has 16 heavy (non-hydrogen) atoms. The Hall–Kier alpha value is -0.720. The Bertz CT molecular complexity index is 491. The lowest BCUT2D eigenvalue weighted by atomic mass is 10.2. The van der Waals surface area contributed by atoms with Crippen LogP contribution >= 0.6 is 11.6 Å². The van der Waals surface area contributed by atoms with Crippen LogP contribution in [0.4, 0.5) is 0 Å². The molecule has 0 spiro atoms. The van der Waals surface area contributed by atoms with E-state index in [2.05, 4.69) is 9.97 Å². The van der Waals surface area contributed by atoms with Crippen LogP contribution in [0.5, 0.6) is 0 Å². The molecule has 88 valence electrons. The van der Waals surface area contributed by atoms with Gasteiger partial charge in [0.05, 0.1) is 18.0 Å². The molecule has 0 N–H and O–H groups in total. The first-order valence-electron chi connectivity index (χ1n) is 4.93. The molecule has 0 aromatic carbocycles. The molecular formula is C9H12ClN3O2S. The summed E-state index contributed by atoms with van der Waals surface area (Å²) in [6, 6.07) is -0.267. The number of aromatic nitrogens is 2. The molecule has 7 heteroatoms. The van der Waals surface area contributed by atoms with Gasteiger partial charge in [0.15, 0.2) is 5.15 Å². The molecule has 1 fully saturated rings.